The molecule has 0 atom stereocenters. The summed E-state index contributed by atoms with van der Waals surface area (Å²) in [4.78, 5) is 7.28. The Morgan fingerprint density at radius 2 is 1.82 bits per heavy atom. The van der Waals surface area contributed by atoms with Crippen molar-refractivity contribution in [1.29, 1.82) is 0 Å². The van der Waals surface area contributed by atoms with Gasteiger partial charge in [-0.15, -0.1) is 0 Å². The van der Waals surface area contributed by atoms with E-state index in [1.165, 1.54) is 22.4 Å². The van der Waals surface area contributed by atoms with Gasteiger partial charge in [-0.3, -0.25) is 0 Å². The highest BCUT2D eigenvalue weighted by molar-refractivity contribution is 5.91. The van der Waals surface area contributed by atoms with Crippen molar-refractivity contribution in [2.75, 3.05) is 37.0 Å². The largest absolute Gasteiger partial charge is 0.383 e. The molecular weight excluding hydrogens is 348 g/mol. The van der Waals surface area contributed by atoms with Crippen LogP contribution in [-0.4, -0.2) is 36.4 Å². The lowest BCUT2D eigenvalue weighted by Gasteiger charge is -2.25. The Balaban J connectivity index is 2.04. The molecule has 0 aliphatic carbocycles. The van der Waals surface area contributed by atoms with Crippen LogP contribution in [0.5, 0.6) is 0 Å². The van der Waals surface area contributed by atoms with Crippen LogP contribution in [0.3, 0.4) is 0 Å². The maximum atomic E-state index is 5.33. The van der Waals surface area contributed by atoms with E-state index in [1.54, 1.807) is 7.11 Å². The minimum Gasteiger partial charge on any atom is -0.383 e. The molecule has 5 heteroatoms. The van der Waals surface area contributed by atoms with Crippen molar-refractivity contribution in [3.05, 3.63) is 47.0 Å². The van der Waals surface area contributed by atoms with Crippen molar-refractivity contribution >= 4 is 28.4 Å². The fraction of sp³-hybridized carbons (Fsp3) is 0.435. The molecule has 1 heterocycles. The van der Waals surface area contributed by atoms with E-state index < -0.39 is 0 Å². The number of nitrogens with zero attached hydrogens (tertiary/aromatic N) is 3. The first kappa shape index (κ1) is 20.2. The van der Waals surface area contributed by atoms with Gasteiger partial charge < -0.3 is 19.5 Å². The van der Waals surface area contributed by atoms with Crippen molar-refractivity contribution in [2.24, 2.45) is 7.05 Å². The first-order valence-electron chi connectivity index (χ1n) is 10.0. The third-order valence-corrected chi connectivity index (χ3v) is 5.19. The average Bonchev–Trinajstić information content (AvgIpc) is 2.97. The molecular formula is C23H32N4O. The van der Waals surface area contributed by atoms with Crippen molar-refractivity contribution in [3.63, 3.8) is 0 Å². The van der Waals surface area contributed by atoms with E-state index in [2.05, 4.69) is 79.9 Å². The maximum absolute atomic E-state index is 5.33. The van der Waals surface area contributed by atoms with Crippen LogP contribution in [0.4, 0.5) is 17.3 Å². The number of methoxy groups -OCH3 is 1. The molecule has 0 saturated carbocycles. The van der Waals surface area contributed by atoms with Gasteiger partial charge in [0.05, 0.1) is 23.3 Å². The van der Waals surface area contributed by atoms with E-state index in [4.69, 9.17) is 9.72 Å². The smallest absolute Gasteiger partial charge is 0.208 e. The predicted molar refractivity (Wildman–Crippen MR) is 119 cm³/mol. The summed E-state index contributed by atoms with van der Waals surface area (Å²) in [5.74, 6) is 0.862. The molecule has 0 amide bonds. The number of hydrogen-bond donors (Lipinski definition) is 1. The summed E-state index contributed by atoms with van der Waals surface area (Å²) in [6, 6.07) is 10.8. The summed E-state index contributed by atoms with van der Waals surface area (Å²) in [6.45, 7) is 11.2. The van der Waals surface area contributed by atoms with Gasteiger partial charge in [-0.1, -0.05) is 30.7 Å². The Morgan fingerprint density at radius 3 is 2.46 bits per heavy atom. The molecule has 5 nitrogen and oxygen atoms in total. The number of rotatable bonds is 8. The van der Waals surface area contributed by atoms with Gasteiger partial charge in [0, 0.05) is 32.9 Å². The summed E-state index contributed by atoms with van der Waals surface area (Å²) >= 11 is 0. The molecule has 1 aromatic heterocycles. The zero-order valence-electron chi connectivity index (χ0n) is 18.0. The number of nitrogens with one attached hydrogen (secondary N) is 1. The van der Waals surface area contributed by atoms with Gasteiger partial charge in [0.15, 0.2) is 0 Å². The Labute approximate surface area is 168 Å². The van der Waals surface area contributed by atoms with Crippen LogP contribution in [-0.2, 0) is 11.8 Å². The van der Waals surface area contributed by atoms with Crippen LogP contribution in [0.2, 0.25) is 0 Å². The number of para-hydroxylation sites is 1. The Kier molecular flexibility index (Phi) is 6.25. The third-order valence-electron chi connectivity index (χ3n) is 5.19. The topological polar surface area (TPSA) is 42.3 Å². The van der Waals surface area contributed by atoms with Gasteiger partial charge in [-0.2, -0.15) is 0 Å². The minimum atomic E-state index is 0.709. The number of aryl methyl sites for hydroxylation is 4. The van der Waals surface area contributed by atoms with Gasteiger partial charge in [0.25, 0.3) is 0 Å². The number of aromatic nitrogens is 2. The number of benzene rings is 2. The molecule has 0 spiro atoms. The lowest BCUT2D eigenvalue weighted by Crippen LogP contribution is -2.28. The molecule has 0 unspecified atom stereocenters. The molecule has 1 N–H and O–H groups in total. The Bertz CT molecular complexity index is 938. The molecule has 3 aromatic rings. The van der Waals surface area contributed by atoms with Crippen LogP contribution >= 0.6 is 0 Å². The third kappa shape index (κ3) is 3.99. The number of ether oxygens (including phenoxy) is 1. The predicted octanol–water partition coefficient (Wildman–Crippen LogP) is 5.10. The summed E-state index contributed by atoms with van der Waals surface area (Å²) < 4.78 is 7.49. The van der Waals surface area contributed by atoms with Crippen LogP contribution in [0.1, 0.15) is 30.0 Å². The molecule has 2 aromatic carbocycles. The highest BCUT2D eigenvalue weighted by atomic mass is 16.5. The maximum Gasteiger partial charge on any atom is 0.208 e. The van der Waals surface area contributed by atoms with E-state index in [1.807, 2.05) is 0 Å². The van der Waals surface area contributed by atoms with Gasteiger partial charge in [-0.05, 0) is 50.5 Å². The van der Waals surface area contributed by atoms with Gasteiger partial charge in [0.1, 0.15) is 0 Å². The number of imidazole rings is 1. The zero-order valence-corrected chi connectivity index (χ0v) is 18.0. The highest BCUT2D eigenvalue weighted by Crippen LogP contribution is 2.32. The van der Waals surface area contributed by atoms with E-state index in [9.17, 15) is 0 Å². The number of anilines is 3. The minimum absolute atomic E-state index is 0.709. The van der Waals surface area contributed by atoms with Crippen molar-refractivity contribution in [3.8, 4) is 0 Å². The Morgan fingerprint density at radius 1 is 1.11 bits per heavy atom. The molecule has 0 aliphatic heterocycles. The molecule has 0 saturated heterocycles. The second kappa shape index (κ2) is 8.65. The molecule has 28 heavy (non-hydrogen) atoms. The summed E-state index contributed by atoms with van der Waals surface area (Å²) in [5.41, 5.74) is 8.24. The normalized spacial score (nSPS) is 11.2. The van der Waals surface area contributed by atoms with E-state index in [0.717, 1.165) is 42.2 Å². The second-order valence-corrected chi connectivity index (χ2v) is 7.52. The van der Waals surface area contributed by atoms with Crippen molar-refractivity contribution in [2.45, 2.75) is 34.1 Å². The Hall–Kier alpha value is -2.53. The first-order chi connectivity index (χ1) is 13.5. The SMILES string of the molecule is CCCN(CCOC)c1cccc2nc(Nc3c(C)cc(C)cc3C)n(C)c12. The molecule has 3 rings (SSSR count). The van der Waals surface area contributed by atoms with Gasteiger partial charge in [-0.25, -0.2) is 4.98 Å². The van der Waals surface area contributed by atoms with Gasteiger partial charge in [0.2, 0.25) is 5.95 Å². The van der Waals surface area contributed by atoms with Crippen LogP contribution in [0.25, 0.3) is 11.0 Å². The molecule has 0 fully saturated rings. The van der Waals surface area contributed by atoms with E-state index in [0.29, 0.717) is 6.61 Å². The molecule has 0 radical (unpaired) electrons. The molecule has 0 aliphatic rings. The van der Waals surface area contributed by atoms with Crippen LogP contribution < -0.4 is 10.2 Å². The summed E-state index contributed by atoms with van der Waals surface area (Å²) in [6.07, 6.45) is 1.09. The lowest BCUT2D eigenvalue weighted by atomic mass is 10.1. The molecule has 0 bridgehead atoms. The van der Waals surface area contributed by atoms with Crippen LogP contribution in [0.15, 0.2) is 30.3 Å². The second-order valence-electron chi connectivity index (χ2n) is 7.52. The fourth-order valence-corrected chi connectivity index (χ4v) is 3.93. The quantitative estimate of drug-likeness (QED) is 0.590. The van der Waals surface area contributed by atoms with Crippen molar-refractivity contribution in [1.82, 2.24) is 9.55 Å². The zero-order chi connectivity index (χ0) is 20.3. The summed E-state index contributed by atoms with van der Waals surface area (Å²) in [5, 5.41) is 3.58. The van der Waals surface area contributed by atoms with Crippen LogP contribution in [0, 0.1) is 20.8 Å². The monoisotopic (exact) mass is 380 g/mol. The number of hydrogen-bond acceptors (Lipinski definition) is 4. The average molecular weight is 381 g/mol. The first-order valence-corrected chi connectivity index (χ1v) is 10.0. The van der Waals surface area contributed by atoms with Crippen molar-refractivity contribution < 1.29 is 4.74 Å². The van der Waals surface area contributed by atoms with E-state index in [-0.39, 0.29) is 0 Å². The van der Waals surface area contributed by atoms with Gasteiger partial charge >= 0.3 is 0 Å². The molecule has 150 valence electrons. The summed E-state index contributed by atoms with van der Waals surface area (Å²) in [7, 11) is 3.84. The lowest BCUT2D eigenvalue weighted by molar-refractivity contribution is 0.205. The highest BCUT2D eigenvalue weighted by Gasteiger charge is 2.17. The fourth-order valence-electron chi connectivity index (χ4n) is 3.93. The standard InChI is InChI=1S/C23H32N4O/c1-7-11-27(12-13-28-6)20-10-8-9-19-22(20)26(5)23(24-19)25-21-17(3)14-16(2)15-18(21)4/h8-10,14-15H,7,11-13H2,1-6H3,(H,24,25). The number of fused-ring (bicyclic) bond motifs is 1. The van der Waals surface area contributed by atoms with E-state index >= 15 is 0 Å².